The molecule has 0 spiro atoms. The Morgan fingerprint density at radius 3 is 2.30 bits per heavy atom. The first-order chi connectivity index (χ1) is 21.3. The average molecular weight is 623 g/mol. The van der Waals surface area contributed by atoms with E-state index in [1.165, 1.54) is 28.8 Å². The molecule has 3 atom stereocenters. The van der Waals surface area contributed by atoms with Crippen molar-refractivity contribution in [2.75, 3.05) is 10.2 Å². The smallest absolute Gasteiger partial charge is 0.308 e. The van der Waals surface area contributed by atoms with E-state index >= 15 is 0 Å². The molecule has 10 nitrogen and oxygen atoms in total. The highest BCUT2D eigenvalue weighted by Crippen LogP contribution is 2.53. The molecule has 3 unspecified atom stereocenters. The Morgan fingerprint density at radius 1 is 0.864 bits per heavy atom. The van der Waals surface area contributed by atoms with E-state index in [2.05, 4.69) is 5.32 Å². The van der Waals surface area contributed by atoms with Gasteiger partial charge in [-0.2, -0.15) is 0 Å². The lowest BCUT2D eigenvalue weighted by Gasteiger charge is -2.30. The monoisotopic (exact) mass is 622 g/mol. The van der Waals surface area contributed by atoms with Gasteiger partial charge in [-0.05, 0) is 40.6 Å². The van der Waals surface area contributed by atoms with Crippen LogP contribution in [0.5, 0.6) is 0 Å². The number of amides is 3. The quantitative estimate of drug-likeness (QED) is 0.152. The molecule has 4 aromatic carbocycles. The predicted octanol–water partition coefficient (Wildman–Crippen LogP) is 5.41. The van der Waals surface area contributed by atoms with Crippen molar-refractivity contribution in [1.29, 1.82) is 0 Å². The molecular formula is C32H22N4O6S2. The number of nitrogens with one attached hydrogen (secondary N) is 1. The van der Waals surface area contributed by atoms with E-state index in [9.17, 15) is 29.3 Å². The number of thiazole rings is 1. The maximum atomic E-state index is 13.9. The number of imide groups is 1. The molecule has 0 radical (unpaired) electrons. The van der Waals surface area contributed by atoms with Gasteiger partial charge in [0.2, 0.25) is 17.7 Å². The third-order valence-electron chi connectivity index (χ3n) is 7.86. The molecule has 2 aliphatic rings. The Labute approximate surface area is 258 Å². The summed E-state index contributed by atoms with van der Waals surface area (Å²) in [4.78, 5) is 66.3. The van der Waals surface area contributed by atoms with Crippen LogP contribution in [0.1, 0.15) is 16.4 Å². The molecule has 218 valence electrons. The molecule has 1 N–H and O–H groups in total. The van der Waals surface area contributed by atoms with Crippen molar-refractivity contribution >= 4 is 68.7 Å². The number of nitro groups is 1. The predicted molar refractivity (Wildman–Crippen MR) is 168 cm³/mol. The lowest BCUT2D eigenvalue weighted by molar-refractivity contribution is -0.384. The topological polar surface area (TPSA) is 132 Å². The number of non-ortho nitro benzene ring substituents is 1. The van der Waals surface area contributed by atoms with E-state index in [1.54, 1.807) is 6.07 Å². The van der Waals surface area contributed by atoms with Gasteiger partial charge in [0.1, 0.15) is 11.8 Å². The molecule has 12 heteroatoms. The summed E-state index contributed by atoms with van der Waals surface area (Å²) >= 11 is 2.09. The minimum Gasteiger partial charge on any atom is -0.325 e. The van der Waals surface area contributed by atoms with Crippen molar-refractivity contribution in [3.05, 3.63) is 127 Å². The number of anilines is 2. The van der Waals surface area contributed by atoms with E-state index in [-0.39, 0.29) is 22.8 Å². The Hall–Kier alpha value is -5.07. The zero-order valence-corrected chi connectivity index (χ0v) is 24.4. The molecule has 0 aliphatic carbocycles. The second-order valence-corrected chi connectivity index (χ2v) is 12.6. The molecule has 3 amide bonds. The summed E-state index contributed by atoms with van der Waals surface area (Å²) in [7, 11) is 0. The summed E-state index contributed by atoms with van der Waals surface area (Å²) in [5.74, 6) is -2.73. The molecule has 2 aliphatic heterocycles. The fourth-order valence-corrected chi connectivity index (χ4v) is 8.64. The number of carbonyl (C=O) groups excluding carboxylic acids is 3. The average Bonchev–Trinajstić information content (AvgIpc) is 3.47. The van der Waals surface area contributed by atoms with Crippen molar-refractivity contribution in [2.24, 2.45) is 5.92 Å². The van der Waals surface area contributed by atoms with Crippen molar-refractivity contribution in [3.63, 3.8) is 0 Å². The van der Waals surface area contributed by atoms with Crippen LogP contribution in [-0.2, 0) is 20.9 Å². The molecular weight excluding hydrogens is 601 g/mol. The normalized spacial score (nSPS) is 19.1. The lowest BCUT2D eigenvalue weighted by atomic mass is 9.83. The third kappa shape index (κ3) is 4.68. The van der Waals surface area contributed by atoms with Gasteiger partial charge in [0.25, 0.3) is 5.69 Å². The summed E-state index contributed by atoms with van der Waals surface area (Å²) in [6.07, 6.45) is 0. The number of rotatable bonds is 6. The van der Waals surface area contributed by atoms with Gasteiger partial charge in [-0.3, -0.25) is 33.9 Å². The minimum atomic E-state index is -0.862. The summed E-state index contributed by atoms with van der Waals surface area (Å²) in [6.45, 7) is -0.266. The SMILES string of the molecule is O=C(Cn1c2c(sc1=O)C(c1ccccc1)C1C(=O)N(c3ccc([N+](=O)[O-])cc3)C(=O)C1S2)Nc1ccc2ccccc2c1. The Morgan fingerprint density at radius 2 is 1.57 bits per heavy atom. The first-order valence-electron chi connectivity index (χ1n) is 13.7. The van der Waals surface area contributed by atoms with Gasteiger partial charge in [0, 0.05) is 28.6 Å². The van der Waals surface area contributed by atoms with Crippen LogP contribution in [-0.4, -0.2) is 32.5 Å². The summed E-state index contributed by atoms with van der Waals surface area (Å²) in [6, 6.07) is 27.8. The Balaban J connectivity index is 1.24. The maximum absolute atomic E-state index is 13.9. The summed E-state index contributed by atoms with van der Waals surface area (Å²) < 4.78 is 1.37. The zero-order chi connectivity index (χ0) is 30.5. The van der Waals surface area contributed by atoms with Crippen LogP contribution < -0.4 is 15.1 Å². The molecule has 1 aromatic heterocycles. The van der Waals surface area contributed by atoms with Gasteiger partial charge >= 0.3 is 4.87 Å². The first kappa shape index (κ1) is 27.7. The van der Waals surface area contributed by atoms with E-state index in [0.29, 0.717) is 15.6 Å². The van der Waals surface area contributed by atoms with E-state index in [1.807, 2.05) is 66.7 Å². The third-order valence-corrected chi connectivity index (χ3v) is 10.5. The number of benzene rings is 4. The minimum absolute atomic E-state index is 0.157. The number of nitro benzene ring substituents is 1. The number of hydrogen-bond donors (Lipinski definition) is 1. The van der Waals surface area contributed by atoms with Gasteiger partial charge in [0.05, 0.1) is 21.6 Å². The molecule has 3 heterocycles. The van der Waals surface area contributed by atoms with Gasteiger partial charge in [0.15, 0.2) is 0 Å². The van der Waals surface area contributed by atoms with Crippen LogP contribution in [0.25, 0.3) is 10.8 Å². The van der Waals surface area contributed by atoms with E-state index in [4.69, 9.17) is 0 Å². The number of thioether (sulfide) groups is 1. The summed E-state index contributed by atoms with van der Waals surface area (Å²) in [5, 5.41) is 15.6. The van der Waals surface area contributed by atoms with Gasteiger partial charge in [-0.1, -0.05) is 83.8 Å². The number of carbonyl (C=O) groups is 3. The van der Waals surface area contributed by atoms with Gasteiger partial charge in [-0.25, -0.2) is 4.90 Å². The Bertz CT molecular complexity index is 2040. The van der Waals surface area contributed by atoms with E-state index < -0.39 is 39.7 Å². The number of fused-ring (bicyclic) bond motifs is 3. The van der Waals surface area contributed by atoms with Crippen molar-refractivity contribution in [3.8, 4) is 0 Å². The second-order valence-electron chi connectivity index (χ2n) is 10.5. The fraction of sp³-hybridized carbons (Fsp3) is 0.125. The van der Waals surface area contributed by atoms with Crippen molar-refractivity contribution in [1.82, 2.24) is 4.57 Å². The van der Waals surface area contributed by atoms with Gasteiger partial charge in [-0.15, -0.1) is 0 Å². The highest BCUT2D eigenvalue weighted by atomic mass is 32.2. The van der Waals surface area contributed by atoms with Crippen molar-refractivity contribution in [2.45, 2.75) is 22.7 Å². The van der Waals surface area contributed by atoms with Crippen molar-refractivity contribution < 1.29 is 19.3 Å². The molecule has 44 heavy (non-hydrogen) atoms. The largest absolute Gasteiger partial charge is 0.325 e. The summed E-state index contributed by atoms with van der Waals surface area (Å²) in [5.41, 5.74) is 1.44. The van der Waals surface area contributed by atoms with E-state index in [0.717, 1.165) is 44.3 Å². The second kappa shape index (κ2) is 10.9. The Kier molecular flexibility index (Phi) is 6.87. The molecule has 0 bridgehead atoms. The first-order valence-corrected chi connectivity index (χ1v) is 15.4. The van der Waals surface area contributed by atoms with Crippen LogP contribution >= 0.6 is 23.1 Å². The highest BCUT2D eigenvalue weighted by Gasteiger charge is 2.56. The number of hydrogen-bond acceptors (Lipinski definition) is 8. The standard InChI is InChI=1S/C32H22N4O6S2/c37-24(33-21-11-10-18-6-4-5-9-20(18)16-21)17-34-31-28(44-32(34)40)25(19-7-2-1-3-8-19)26-27(43-31)30(39)35(29(26)38)22-12-14-23(15-13-22)36(41)42/h1-16,25-27H,17H2,(H,33,37). The van der Waals surface area contributed by atoms with Crippen LogP contribution in [0.2, 0.25) is 0 Å². The van der Waals surface area contributed by atoms with Crippen LogP contribution in [0.3, 0.4) is 0 Å². The molecule has 1 saturated heterocycles. The van der Waals surface area contributed by atoms with Crippen LogP contribution in [0, 0.1) is 16.0 Å². The fourth-order valence-electron chi connectivity index (χ4n) is 5.86. The molecule has 5 aromatic rings. The number of aromatic nitrogens is 1. The maximum Gasteiger partial charge on any atom is 0.308 e. The highest BCUT2D eigenvalue weighted by molar-refractivity contribution is 8.00. The van der Waals surface area contributed by atoms with Crippen LogP contribution in [0.4, 0.5) is 17.1 Å². The molecule has 1 fully saturated rings. The van der Waals surface area contributed by atoms with Gasteiger partial charge < -0.3 is 5.32 Å². The molecule has 0 saturated carbocycles. The lowest BCUT2D eigenvalue weighted by Crippen LogP contribution is -2.33. The van der Waals surface area contributed by atoms with Crippen LogP contribution in [0.15, 0.2) is 107 Å². The zero-order valence-electron chi connectivity index (χ0n) is 22.8. The number of nitrogens with zero attached hydrogens (tertiary/aromatic N) is 3. The molecule has 7 rings (SSSR count).